The van der Waals surface area contributed by atoms with Crippen LogP contribution in [-0.2, 0) is 0 Å². The minimum Gasteiger partial charge on any atom is -0.456 e. The van der Waals surface area contributed by atoms with Gasteiger partial charge < -0.3 is 18.7 Å². The largest absolute Gasteiger partial charge is 0.456 e. The van der Waals surface area contributed by atoms with Crippen molar-refractivity contribution < 1.29 is 8.83 Å². The number of aromatic nitrogens is 1. The number of rotatable bonds is 5. The smallest absolute Gasteiger partial charge is 0.159 e. The van der Waals surface area contributed by atoms with Gasteiger partial charge >= 0.3 is 0 Å². The third kappa shape index (κ3) is 4.97. The topological polar surface area (TPSA) is 68.0 Å². The Bertz CT molecular complexity index is 3390. The molecule has 3 aromatic heterocycles. The van der Waals surface area contributed by atoms with E-state index in [1.807, 2.05) is 48.5 Å². The first-order valence-corrected chi connectivity index (χ1v) is 19.2. The highest BCUT2D eigenvalue weighted by Gasteiger charge is 2.25. The Morgan fingerprint density at radius 1 is 0.456 bits per heavy atom. The van der Waals surface area contributed by atoms with Crippen LogP contribution in [0.5, 0.6) is 0 Å². The molecule has 1 aliphatic rings. The fourth-order valence-corrected chi connectivity index (χ4v) is 8.71. The molecule has 6 nitrogen and oxygen atoms in total. The van der Waals surface area contributed by atoms with Gasteiger partial charge in [-0.15, -0.1) is 0 Å². The first-order chi connectivity index (χ1) is 28.2. The maximum absolute atomic E-state index is 6.64. The molecule has 57 heavy (non-hydrogen) atoms. The average molecular weight is 733 g/mol. The van der Waals surface area contributed by atoms with Gasteiger partial charge in [0.25, 0.3) is 0 Å². The molecule has 1 unspecified atom stereocenters. The van der Waals surface area contributed by atoms with E-state index in [9.17, 15) is 0 Å². The zero-order valence-corrected chi connectivity index (χ0v) is 30.6. The van der Waals surface area contributed by atoms with Crippen LogP contribution in [0.25, 0.3) is 82.5 Å². The Morgan fingerprint density at radius 3 is 1.82 bits per heavy atom. The average Bonchev–Trinajstić information content (AvgIpc) is 3.96. The fourth-order valence-electron chi connectivity index (χ4n) is 8.71. The van der Waals surface area contributed by atoms with Crippen LogP contribution >= 0.6 is 0 Å². The highest BCUT2D eigenvalue weighted by atomic mass is 16.3. The molecule has 1 aliphatic heterocycles. The summed E-state index contributed by atoms with van der Waals surface area (Å²) in [5.41, 5.74) is 11.9. The summed E-state index contributed by atoms with van der Waals surface area (Å²) < 4.78 is 15.6. The Hall–Kier alpha value is -7.70. The van der Waals surface area contributed by atoms with Gasteiger partial charge in [0.2, 0.25) is 0 Å². The second-order valence-electron chi connectivity index (χ2n) is 14.6. The van der Waals surface area contributed by atoms with Crippen molar-refractivity contribution in [3.05, 3.63) is 199 Å². The van der Waals surface area contributed by atoms with Crippen LogP contribution in [0.1, 0.15) is 22.9 Å². The number of nitrogens with zero attached hydrogens (tertiary/aromatic N) is 3. The molecule has 0 spiro atoms. The molecule has 0 amide bonds. The number of hydrogen-bond acceptors (Lipinski definition) is 5. The summed E-state index contributed by atoms with van der Waals surface area (Å²) >= 11 is 0. The zero-order chi connectivity index (χ0) is 37.5. The fraction of sp³-hybridized carbons (Fsp3) is 0.0196. The number of hydrogen-bond donors (Lipinski definition) is 1. The third-order valence-corrected chi connectivity index (χ3v) is 11.3. The molecule has 0 fully saturated rings. The van der Waals surface area contributed by atoms with Crippen molar-refractivity contribution in [2.24, 2.45) is 9.98 Å². The van der Waals surface area contributed by atoms with Gasteiger partial charge in [-0.25, -0.2) is 9.98 Å². The number of fused-ring (bicyclic) bond motifs is 9. The number of amidine groups is 2. The first kappa shape index (κ1) is 31.6. The summed E-state index contributed by atoms with van der Waals surface area (Å²) in [5.74, 6) is 1.47. The molecule has 0 radical (unpaired) electrons. The van der Waals surface area contributed by atoms with Gasteiger partial charge in [0.05, 0.1) is 11.0 Å². The summed E-state index contributed by atoms with van der Waals surface area (Å²) in [6, 6.07) is 63.1. The quantitative estimate of drug-likeness (QED) is 0.192. The number of aliphatic imine (C=N–C) groups is 2. The van der Waals surface area contributed by atoms with Crippen LogP contribution in [-0.4, -0.2) is 16.2 Å². The summed E-state index contributed by atoms with van der Waals surface area (Å²) in [7, 11) is 0. The van der Waals surface area contributed by atoms with Crippen molar-refractivity contribution in [3.8, 4) is 16.8 Å². The lowest BCUT2D eigenvalue weighted by Gasteiger charge is -2.24. The third-order valence-electron chi connectivity index (χ3n) is 11.3. The van der Waals surface area contributed by atoms with E-state index in [0.29, 0.717) is 5.84 Å². The predicted molar refractivity (Wildman–Crippen MR) is 233 cm³/mol. The van der Waals surface area contributed by atoms with Crippen molar-refractivity contribution >= 4 is 77.4 Å². The van der Waals surface area contributed by atoms with Crippen LogP contribution in [0, 0.1) is 0 Å². The highest BCUT2D eigenvalue weighted by molar-refractivity contribution is 6.16. The Kier molecular flexibility index (Phi) is 6.89. The summed E-state index contributed by atoms with van der Waals surface area (Å²) in [6.45, 7) is 0. The number of nitrogens with one attached hydrogen (secondary N) is 1. The Labute approximate surface area is 326 Å². The lowest BCUT2D eigenvalue weighted by atomic mass is 9.97. The van der Waals surface area contributed by atoms with Crippen LogP contribution in [0.2, 0.25) is 0 Å². The maximum Gasteiger partial charge on any atom is 0.159 e. The van der Waals surface area contributed by atoms with E-state index in [2.05, 4.69) is 143 Å². The van der Waals surface area contributed by atoms with Crippen LogP contribution in [0.3, 0.4) is 0 Å². The van der Waals surface area contributed by atoms with Crippen molar-refractivity contribution in [1.29, 1.82) is 0 Å². The maximum atomic E-state index is 6.64. The van der Waals surface area contributed by atoms with Gasteiger partial charge in [-0.05, 0) is 59.7 Å². The van der Waals surface area contributed by atoms with Gasteiger partial charge in [-0.3, -0.25) is 0 Å². The molecule has 8 aromatic carbocycles. The molecule has 0 saturated heterocycles. The molecule has 12 rings (SSSR count). The normalized spacial score (nSPS) is 14.5. The molecule has 4 heterocycles. The Morgan fingerprint density at radius 2 is 1.07 bits per heavy atom. The van der Waals surface area contributed by atoms with Crippen LogP contribution < -0.4 is 5.32 Å². The van der Waals surface area contributed by atoms with Crippen molar-refractivity contribution in [2.45, 2.75) is 6.17 Å². The van der Waals surface area contributed by atoms with Crippen molar-refractivity contribution in [3.63, 3.8) is 0 Å². The zero-order valence-electron chi connectivity index (χ0n) is 30.6. The lowest BCUT2D eigenvalue weighted by Crippen LogP contribution is -2.33. The van der Waals surface area contributed by atoms with E-state index in [1.165, 1.54) is 21.8 Å². The monoisotopic (exact) mass is 732 g/mol. The molecule has 6 heteroatoms. The minimum absolute atomic E-state index is 0.379. The van der Waals surface area contributed by atoms with Crippen LogP contribution in [0.4, 0.5) is 0 Å². The van der Waals surface area contributed by atoms with E-state index in [0.717, 1.165) is 83.2 Å². The van der Waals surface area contributed by atoms with Gasteiger partial charge in [0.15, 0.2) is 5.84 Å². The molecular weight excluding hydrogens is 701 g/mol. The molecule has 0 bridgehead atoms. The van der Waals surface area contributed by atoms with Crippen molar-refractivity contribution in [1.82, 2.24) is 9.88 Å². The second kappa shape index (κ2) is 12.4. The van der Waals surface area contributed by atoms with E-state index in [4.69, 9.17) is 18.8 Å². The molecule has 268 valence electrons. The summed E-state index contributed by atoms with van der Waals surface area (Å²) in [4.78, 5) is 10.2. The van der Waals surface area contributed by atoms with Gasteiger partial charge in [-0.1, -0.05) is 127 Å². The SMILES string of the molecule is c1ccc(C2=NC(c3cccc4oc5cc(-c6cccc7oc8cc(-n9c%10ccccc%10c%10ccccc%109)ccc8c67)ccc5c34)NC(c3ccccc3)=N2)cc1. The second-order valence-corrected chi connectivity index (χ2v) is 14.6. The van der Waals surface area contributed by atoms with Crippen LogP contribution in [0.15, 0.2) is 201 Å². The molecular formula is C51H32N4O2. The molecule has 11 aromatic rings. The highest BCUT2D eigenvalue weighted by Crippen LogP contribution is 2.42. The predicted octanol–water partition coefficient (Wildman–Crippen LogP) is 12.7. The molecule has 1 N–H and O–H groups in total. The minimum atomic E-state index is -0.379. The van der Waals surface area contributed by atoms with Gasteiger partial charge in [-0.2, -0.15) is 0 Å². The van der Waals surface area contributed by atoms with Gasteiger partial charge in [0.1, 0.15) is 34.3 Å². The van der Waals surface area contributed by atoms with Crippen molar-refractivity contribution in [2.75, 3.05) is 0 Å². The summed E-state index contributed by atoms with van der Waals surface area (Å²) in [5, 5.41) is 10.3. The van der Waals surface area contributed by atoms with E-state index in [1.54, 1.807) is 0 Å². The number of furan rings is 2. The van der Waals surface area contributed by atoms with Gasteiger partial charge in [0, 0.05) is 60.8 Å². The molecule has 0 aliphatic carbocycles. The lowest BCUT2D eigenvalue weighted by molar-refractivity contribution is 0.662. The van der Waals surface area contributed by atoms with E-state index in [-0.39, 0.29) is 6.17 Å². The Balaban J connectivity index is 0.971. The summed E-state index contributed by atoms with van der Waals surface area (Å²) in [6.07, 6.45) is -0.379. The number of para-hydroxylation sites is 2. The first-order valence-electron chi connectivity index (χ1n) is 19.2. The molecule has 1 atom stereocenters. The molecule has 0 saturated carbocycles. The van der Waals surface area contributed by atoms with E-state index < -0.39 is 0 Å². The number of benzene rings is 8. The standard InChI is InChI=1S/C51H32N4O2/c1-3-13-31(14-4-1)49-52-50(32-15-5-2-6-16-32)54-51(53-49)40-20-12-24-44-48(40)38-27-25-33(29-45(38)56-44)35-19-11-23-43-47(35)39-28-26-34(30-46(39)57-43)55-41-21-9-7-17-36(41)37-18-8-10-22-42(37)55/h1-30,51H,(H,52,53,54). The van der Waals surface area contributed by atoms with E-state index >= 15 is 0 Å².